The maximum atomic E-state index is 12.4. The highest BCUT2D eigenvalue weighted by molar-refractivity contribution is 5.75. The van der Waals surface area contributed by atoms with E-state index in [-0.39, 0.29) is 28.1 Å². The second-order valence-electron chi connectivity index (χ2n) is 13.4. The summed E-state index contributed by atoms with van der Waals surface area (Å²) in [5.41, 5.74) is 3.06. The van der Waals surface area contributed by atoms with Crippen LogP contribution in [0.4, 0.5) is 0 Å². The first-order chi connectivity index (χ1) is 16.7. The van der Waals surface area contributed by atoms with Gasteiger partial charge in [-0.05, 0) is 67.2 Å². The fourth-order valence-corrected chi connectivity index (χ4v) is 6.71. The van der Waals surface area contributed by atoms with Gasteiger partial charge in [0.05, 0.1) is 19.6 Å². The lowest BCUT2D eigenvalue weighted by molar-refractivity contribution is -0.154. The first-order valence-corrected chi connectivity index (χ1v) is 13.8. The summed E-state index contributed by atoms with van der Waals surface area (Å²) >= 11 is 0. The highest BCUT2D eigenvalue weighted by atomic mass is 16.5. The molecule has 1 aromatic rings. The van der Waals surface area contributed by atoms with Crippen LogP contribution in [0, 0.1) is 22.7 Å². The van der Waals surface area contributed by atoms with E-state index in [0.29, 0.717) is 12.5 Å². The number of fused-ring (bicyclic) bond motifs is 1. The van der Waals surface area contributed by atoms with Crippen molar-refractivity contribution < 1.29 is 19.0 Å². The Morgan fingerprint density at radius 2 is 1.56 bits per heavy atom. The smallest absolute Gasteiger partial charge is 0.311 e. The van der Waals surface area contributed by atoms with Crippen molar-refractivity contribution >= 4 is 5.97 Å². The summed E-state index contributed by atoms with van der Waals surface area (Å²) in [7, 11) is 3.54. The summed E-state index contributed by atoms with van der Waals surface area (Å²) in [5.74, 6) is 2.32. The summed E-state index contributed by atoms with van der Waals surface area (Å²) in [6.07, 6.45) is 8.51. The second kappa shape index (κ2) is 10.1. The van der Waals surface area contributed by atoms with Gasteiger partial charge in [-0.15, -0.1) is 0 Å². The molecular weight excluding hydrogens is 448 g/mol. The van der Waals surface area contributed by atoms with Crippen LogP contribution in [-0.4, -0.2) is 26.8 Å². The zero-order valence-electron chi connectivity index (χ0n) is 24.8. The van der Waals surface area contributed by atoms with Crippen molar-refractivity contribution in [1.29, 1.82) is 0 Å². The predicted molar refractivity (Wildman–Crippen MR) is 148 cm³/mol. The average Bonchev–Trinajstić information content (AvgIpc) is 2.79. The van der Waals surface area contributed by atoms with Crippen molar-refractivity contribution in [1.82, 2.24) is 0 Å². The molecule has 0 radical (unpaired) electrons. The largest absolute Gasteiger partial charge is 0.496 e. The van der Waals surface area contributed by atoms with Crippen molar-refractivity contribution in [2.24, 2.45) is 22.7 Å². The Morgan fingerprint density at radius 3 is 2.06 bits per heavy atom. The van der Waals surface area contributed by atoms with E-state index in [0.717, 1.165) is 23.5 Å². The van der Waals surface area contributed by atoms with Gasteiger partial charge in [0.15, 0.2) is 0 Å². The number of hydrogen-bond donors (Lipinski definition) is 0. The summed E-state index contributed by atoms with van der Waals surface area (Å²) in [4.78, 5) is 12.4. The summed E-state index contributed by atoms with van der Waals surface area (Å²) in [6.45, 7) is 19.9. The van der Waals surface area contributed by atoms with Crippen LogP contribution in [0.3, 0.4) is 0 Å². The quantitative estimate of drug-likeness (QED) is 0.176. The molecule has 0 amide bonds. The minimum absolute atomic E-state index is 0.0379. The van der Waals surface area contributed by atoms with E-state index in [9.17, 15) is 4.79 Å². The lowest BCUT2D eigenvalue weighted by Crippen LogP contribution is -2.69. The Morgan fingerprint density at radius 1 is 0.972 bits per heavy atom. The molecule has 0 spiro atoms. The Hall–Kier alpha value is -1.97. The predicted octanol–water partition coefficient (Wildman–Crippen LogP) is 8.01. The zero-order chi connectivity index (χ0) is 27.1. The van der Waals surface area contributed by atoms with E-state index in [1.54, 1.807) is 14.2 Å². The highest BCUT2D eigenvalue weighted by Crippen LogP contribution is 2.74. The van der Waals surface area contributed by atoms with Crippen LogP contribution in [0.5, 0.6) is 11.5 Å². The van der Waals surface area contributed by atoms with E-state index in [2.05, 4.69) is 59.8 Å². The third-order valence-electron chi connectivity index (χ3n) is 9.21. The van der Waals surface area contributed by atoms with Crippen molar-refractivity contribution in [2.75, 3.05) is 20.8 Å². The molecule has 3 rings (SSSR count). The third-order valence-corrected chi connectivity index (χ3v) is 9.21. The first kappa shape index (κ1) is 28.6. The van der Waals surface area contributed by atoms with Gasteiger partial charge in [-0.3, -0.25) is 4.79 Å². The second-order valence-corrected chi connectivity index (χ2v) is 13.4. The monoisotopic (exact) mass is 498 g/mol. The number of unbranched alkanes of at least 4 members (excludes halogenated alkanes) is 3. The Bertz CT molecular complexity index is 969. The number of allylic oxidation sites excluding steroid dienone is 1. The van der Waals surface area contributed by atoms with Crippen LogP contribution >= 0.6 is 0 Å². The molecule has 1 fully saturated rings. The van der Waals surface area contributed by atoms with E-state index in [1.165, 1.54) is 36.8 Å². The molecule has 202 valence electrons. The first-order valence-electron chi connectivity index (χ1n) is 13.8. The van der Waals surface area contributed by atoms with Gasteiger partial charge in [-0.1, -0.05) is 73.3 Å². The van der Waals surface area contributed by atoms with Gasteiger partial charge in [-0.2, -0.15) is 0 Å². The fourth-order valence-electron chi connectivity index (χ4n) is 6.71. The summed E-state index contributed by atoms with van der Waals surface area (Å²) in [5, 5.41) is 0. The van der Waals surface area contributed by atoms with Gasteiger partial charge in [0.25, 0.3) is 0 Å². The van der Waals surface area contributed by atoms with Crippen molar-refractivity contribution in [3.8, 4) is 11.5 Å². The van der Waals surface area contributed by atoms with Crippen molar-refractivity contribution in [2.45, 2.75) is 105 Å². The molecule has 0 saturated heterocycles. The van der Waals surface area contributed by atoms with Crippen LogP contribution < -0.4 is 9.47 Å². The normalized spacial score (nSPS) is 24.7. The number of esters is 1. The molecule has 1 saturated carbocycles. The van der Waals surface area contributed by atoms with Gasteiger partial charge in [-0.25, -0.2) is 0 Å². The molecule has 2 aliphatic rings. The van der Waals surface area contributed by atoms with Crippen LogP contribution in [0.15, 0.2) is 23.8 Å². The van der Waals surface area contributed by atoms with Gasteiger partial charge < -0.3 is 14.2 Å². The molecule has 0 heterocycles. The van der Waals surface area contributed by atoms with Gasteiger partial charge in [0.1, 0.15) is 18.1 Å². The molecule has 4 nitrogen and oxygen atoms in total. The molecule has 0 N–H and O–H groups in total. The van der Waals surface area contributed by atoms with Crippen LogP contribution in [-0.2, 0) is 20.4 Å². The Balaban J connectivity index is 1.99. The molecule has 4 heteroatoms. The van der Waals surface area contributed by atoms with Crippen LogP contribution in [0.2, 0.25) is 0 Å². The molecule has 1 aromatic carbocycles. The van der Waals surface area contributed by atoms with E-state index in [1.807, 2.05) is 20.8 Å². The number of rotatable bonds is 11. The zero-order valence-corrected chi connectivity index (χ0v) is 24.8. The maximum absolute atomic E-state index is 12.4. The fraction of sp³-hybridized carbons (Fsp3) is 0.719. The number of ether oxygens (including phenoxy) is 3. The molecule has 36 heavy (non-hydrogen) atoms. The van der Waals surface area contributed by atoms with E-state index >= 15 is 0 Å². The van der Waals surface area contributed by atoms with Crippen LogP contribution in [0.1, 0.15) is 106 Å². The van der Waals surface area contributed by atoms with Gasteiger partial charge >= 0.3 is 5.97 Å². The topological polar surface area (TPSA) is 44.8 Å². The maximum Gasteiger partial charge on any atom is 0.311 e. The lowest BCUT2D eigenvalue weighted by Gasteiger charge is -2.71. The lowest BCUT2D eigenvalue weighted by atomic mass is 9.32. The van der Waals surface area contributed by atoms with Crippen LogP contribution in [0.25, 0.3) is 0 Å². The summed E-state index contributed by atoms with van der Waals surface area (Å²) < 4.78 is 17.9. The molecule has 2 aliphatic carbocycles. The van der Waals surface area contributed by atoms with Gasteiger partial charge in [0.2, 0.25) is 0 Å². The minimum Gasteiger partial charge on any atom is -0.496 e. The van der Waals surface area contributed by atoms with Crippen molar-refractivity contribution in [3.05, 3.63) is 34.9 Å². The van der Waals surface area contributed by atoms with E-state index < -0.39 is 5.41 Å². The van der Waals surface area contributed by atoms with E-state index in [4.69, 9.17) is 14.2 Å². The molecule has 0 bridgehead atoms. The summed E-state index contributed by atoms with van der Waals surface area (Å²) in [6, 6.07) is 4.49. The highest BCUT2D eigenvalue weighted by Gasteiger charge is 2.71. The third kappa shape index (κ3) is 4.70. The Kier molecular flexibility index (Phi) is 7.99. The number of hydrogen-bond acceptors (Lipinski definition) is 4. The number of carbonyl (C=O) groups is 1. The number of carbonyl (C=O) groups excluding carboxylic acids is 1. The molecule has 0 unspecified atom stereocenters. The minimum atomic E-state index is -0.505. The molecule has 0 aliphatic heterocycles. The number of benzene rings is 1. The molecule has 0 aromatic heterocycles. The SMILES string of the molecule is CCCCCCC(C)(C)c1cc(OC)c([C@@]23C=C(COC(=O)C(C)(C)C)[C@@H]2C(C)(C)[C@H]3C)c(OC)c1. The van der Waals surface area contributed by atoms with Gasteiger partial charge in [0, 0.05) is 16.9 Å². The number of methoxy groups -OCH3 is 2. The molecule has 3 atom stereocenters. The Labute approximate surface area is 220 Å². The van der Waals surface area contributed by atoms with Crippen molar-refractivity contribution in [3.63, 3.8) is 0 Å². The molecular formula is C32H50O4. The average molecular weight is 499 g/mol. The standard InChI is InChI=1S/C32H50O4/c1-12-13-14-15-16-30(6,7)23-17-24(34-10)26(25(18-23)35-11)32-19-22(20-36-28(33)29(3,4)5)27(32)31(8,9)21(32)2/h17-19,21,27H,12-16,20H2,1-11H3/t21-,27-,32+/m1/s1.